The Labute approximate surface area is 103 Å². The summed E-state index contributed by atoms with van der Waals surface area (Å²) in [6.07, 6.45) is 5.37. The van der Waals surface area contributed by atoms with Crippen molar-refractivity contribution in [2.75, 3.05) is 0 Å². The predicted octanol–water partition coefficient (Wildman–Crippen LogP) is 0.234. The molecule has 1 fully saturated rings. The van der Waals surface area contributed by atoms with Crippen LogP contribution in [0.4, 0.5) is 0 Å². The monoisotopic (exact) mass is 248 g/mol. The lowest BCUT2D eigenvalue weighted by atomic mass is 9.85. The number of hydrogen-bond acceptors (Lipinski definition) is 3. The third kappa shape index (κ3) is 1.45. The van der Waals surface area contributed by atoms with Gasteiger partial charge in [0.25, 0.3) is 5.56 Å². The van der Waals surface area contributed by atoms with Gasteiger partial charge in [-0.15, -0.1) is 0 Å². The first-order chi connectivity index (χ1) is 8.59. The average molecular weight is 248 g/mol. The molecule has 2 heterocycles. The van der Waals surface area contributed by atoms with E-state index in [9.17, 15) is 9.59 Å². The van der Waals surface area contributed by atoms with Crippen molar-refractivity contribution in [1.82, 2.24) is 18.7 Å². The van der Waals surface area contributed by atoms with E-state index in [1.807, 2.05) is 4.57 Å². The van der Waals surface area contributed by atoms with Gasteiger partial charge in [0, 0.05) is 20.6 Å². The molecular weight excluding hydrogens is 232 g/mol. The number of fused-ring (bicyclic) bond motifs is 1. The summed E-state index contributed by atoms with van der Waals surface area (Å²) in [5, 5.41) is 0. The highest BCUT2D eigenvalue weighted by atomic mass is 16.2. The van der Waals surface area contributed by atoms with Gasteiger partial charge in [-0.3, -0.25) is 13.9 Å². The Morgan fingerprint density at radius 3 is 2.61 bits per heavy atom. The van der Waals surface area contributed by atoms with Crippen molar-refractivity contribution in [3.8, 4) is 0 Å². The second-order valence-electron chi connectivity index (χ2n) is 5.07. The normalized spacial score (nSPS) is 16.1. The molecule has 96 valence electrons. The third-order valence-corrected chi connectivity index (χ3v) is 3.90. The summed E-state index contributed by atoms with van der Waals surface area (Å²) < 4.78 is 4.45. The zero-order valence-electron chi connectivity index (χ0n) is 10.6. The first-order valence-corrected chi connectivity index (χ1v) is 6.20. The Balaban J connectivity index is 2.23. The maximum atomic E-state index is 12.2. The molecule has 0 atom stereocenters. The van der Waals surface area contributed by atoms with Gasteiger partial charge in [-0.25, -0.2) is 9.78 Å². The maximum absolute atomic E-state index is 12.2. The highest BCUT2D eigenvalue weighted by Crippen LogP contribution is 2.28. The minimum Gasteiger partial charge on any atom is -0.324 e. The molecule has 1 aliphatic rings. The van der Waals surface area contributed by atoms with Crippen molar-refractivity contribution < 1.29 is 0 Å². The van der Waals surface area contributed by atoms with Crippen LogP contribution in [0.1, 0.15) is 19.3 Å². The lowest BCUT2D eigenvalue weighted by Gasteiger charge is -2.25. The van der Waals surface area contributed by atoms with Crippen LogP contribution in [0.25, 0.3) is 11.2 Å². The Hall–Kier alpha value is -1.85. The van der Waals surface area contributed by atoms with Crippen LogP contribution in [0.15, 0.2) is 15.9 Å². The SMILES string of the molecule is Cn1c(=O)c2c(ncn2CC2CCC2)n(C)c1=O. The molecule has 1 saturated carbocycles. The molecule has 3 rings (SSSR count). The minimum atomic E-state index is -0.332. The van der Waals surface area contributed by atoms with Crippen molar-refractivity contribution in [2.24, 2.45) is 20.0 Å². The average Bonchev–Trinajstić information content (AvgIpc) is 2.72. The number of aryl methyl sites for hydroxylation is 1. The van der Waals surface area contributed by atoms with Crippen molar-refractivity contribution in [3.63, 3.8) is 0 Å². The van der Waals surface area contributed by atoms with E-state index in [0.717, 1.165) is 11.1 Å². The van der Waals surface area contributed by atoms with Crippen LogP contribution in [0, 0.1) is 5.92 Å². The molecule has 0 aromatic carbocycles. The van der Waals surface area contributed by atoms with Gasteiger partial charge in [-0.2, -0.15) is 0 Å². The summed E-state index contributed by atoms with van der Waals surface area (Å²) in [4.78, 5) is 28.1. The standard InChI is InChI=1S/C12H16N4O2/c1-14-10-9(11(17)15(2)12(14)18)16(7-13-10)6-8-4-3-5-8/h7-8H,3-6H2,1-2H3. The molecule has 0 unspecified atom stereocenters. The van der Waals surface area contributed by atoms with E-state index in [1.54, 1.807) is 13.4 Å². The molecule has 2 aromatic heterocycles. The van der Waals surface area contributed by atoms with E-state index in [4.69, 9.17) is 0 Å². The fourth-order valence-electron chi connectivity index (χ4n) is 2.49. The van der Waals surface area contributed by atoms with Gasteiger partial charge in [0.15, 0.2) is 11.2 Å². The van der Waals surface area contributed by atoms with Gasteiger partial charge in [0.2, 0.25) is 0 Å². The van der Waals surface area contributed by atoms with E-state index in [-0.39, 0.29) is 11.2 Å². The van der Waals surface area contributed by atoms with Crippen LogP contribution >= 0.6 is 0 Å². The molecule has 0 saturated heterocycles. The van der Waals surface area contributed by atoms with E-state index in [1.165, 1.54) is 30.9 Å². The van der Waals surface area contributed by atoms with Crippen molar-refractivity contribution in [2.45, 2.75) is 25.8 Å². The Morgan fingerprint density at radius 2 is 2.00 bits per heavy atom. The summed E-state index contributed by atoms with van der Waals surface area (Å²) in [6, 6.07) is 0. The fraction of sp³-hybridized carbons (Fsp3) is 0.583. The van der Waals surface area contributed by atoms with Crippen LogP contribution in [0.2, 0.25) is 0 Å². The van der Waals surface area contributed by atoms with E-state index in [2.05, 4.69) is 4.98 Å². The van der Waals surface area contributed by atoms with Gasteiger partial charge in [0.1, 0.15) is 0 Å². The molecule has 0 amide bonds. The van der Waals surface area contributed by atoms with Crippen molar-refractivity contribution >= 4 is 11.2 Å². The Bertz CT molecular complexity index is 718. The summed E-state index contributed by atoms with van der Waals surface area (Å²) in [5.41, 5.74) is 0.417. The van der Waals surface area contributed by atoms with Crippen LogP contribution in [-0.4, -0.2) is 18.7 Å². The first-order valence-electron chi connectivity index (χ1n) is 6.20. The van der Waals surface area contributed by atoms with Crippen molar-refractivity contribution in [1.29, 1.82) is 0 Å². The molecular formula is C12H16N4O2. The van der Waals surface area contributed by atoms with E-state index in [0.29, 0.717) is 17.1 Å². The molecule has 0 radical (unpaired) electrons. The lowest BCUT2D eigenvalue weighted by molar-refractivity contribution is 0.279. The topological polar surface area (TPSA) is 61.8 Å². The second-order valence-corrected chi connectivity index (χ2v) is 5.07. The second kappa shape index (κ2) is 3.83. The maximum Gasteiger partial charge on any atom is 0.332 e. The summed E-state index contributed by atoms with van der Waals surface area (Å²) >= 11 is 0. The zero-order chi connectivity index (χ0) is 12.9. The van der Waals surface area contributed by atoms with Gasteiger partial charge >= 0.3 is 5.69 Å². The van der Waals surface area contributed by atoms with Crippen LogP contribution in [0.3, 0.4) is 0 Å². The molecule has 2 aromatic rings. The highest BCUT2D eigenvalue weighted by molar-refractivity contribution is 5.69. The Kier molecular flexibility index (Phi) is 2.39. The van der Waals surface area contributed by atoms with Crippen molar-refractivity contribution in [3.05, 3.63) is 27.2 Å². The van der Waals surface area contributed by atoms with E-state index >= 15 is 0 Å². The largest absolute Gasteiger partial charge is 0.332 e. The molecule has 6 heteroatoms. The molecule has 0 aliphatic heterocycles. The summed E-state index contributed by atoms with van der Waals surface area (Å²) in [6.45, 7) is 0.823. The third-order valence-electron chi connectivity index (χ3n) is 3.90. The molecule has 1 aliphatic carbocycles. The molecule has 0 spiro atoms. The first kappa shape index (κ1) is 11.3. The zero-order valence-corrected chi connectivity index (χ0v) is 10.6. The highest BCUT2D eigenvalue weighted by Gasteiger charge is 2.21. The quantitative estimate of drug-likeness (QED) is 0.764. The number of aromatic nitrogens is 4. The lowest BCUT2D eigenvalue weighted by Crippen LogP contribution is -2.37. The van der Waals surface area contributed by atoms with Crippen LogP contribution in [-0.2, 0) is 20.6 Å². The number of hydrogen-bond donors (Lipinski definition) is 0. The van der Waals surface area contributed by atoms with Gasteiger partial charge in [-0.1, -0.05) is 6.42 Å². The smallest absolute Gasteiger partial charge is 0.324 e. The summed E-state index contributed by atoms with van der Waals surface area (Å²) in [5.74, 6) is 0.643. The van der Waals surface area contributed by atoms with Crippen LogP contribution in [0.5, 0.6) is 0 Å². The minimum absolute atomic E-state index is 0.259. The van der Waals surface area contributed by atoms with E-state index < -0.39 is 0 Å². The Morgan fingerprint density at radius 1 is 1.28 bits per heavy atom. The number of rotatable bonds is 2. The predicted molar refractivity (Wildman–Crippen MR) is 67.6 cm³/mol. The molecule has 0 N–H and O–H groups in total. The number of imidazole rings is 1. The van der Waals surface area contributed by atoms with Gasteiger partial charge in [-0.05, 0) is 18.8 Å². The molecule has 18 heavy (non-hydrogen) atoms. The number of nitrogens with zero attached hydrogens (tertiary/aromatic N) is 4. The van der Waals surface area contributed by atoms with Gasteiger partial charge in [0.05, 0.1) is 6.33 Å². The fourth-order valence-corrected chi connectivity index (χ4v) is 2.49. The van der Waals surface area contributed by atoms with Gasteiger partial charge < -0.3 is 4.57 Å². The van der Waals surface area contributed by atoms with Crippen LogP contribution < -0.4 is 11.2 Å². The molecule has 6 nitrogen and oxygen atoms in total. The molecule has 0 bridgehead atoms. The summed E-state index contributed by atoms with van der Waals surface area (Å²) in [7, 11) is 3.15.